The van der Waals surface area contributed by atoms with E-state index >= 15 is 0 Å². The average Bonchev–Trinajstić information content (AvgIpc) is 2.49. The molecule has 2 rings (SSSR count). The normalized spacial score (nSPS) is 19.1. The molecule has 118 valence electrons. The van der Waals surface area contributed by atoms with Crippen molar-refractivity contribution < 1.29 is 0 Å². The minimum atomic E-state index is 0.304. The number of rotatable bonds is 6. The Morgan fingerprint density at radius 2 is 1.76 bits per heavy atom. The molecule has 2 N–H and O–H groups in total. The van der Waals surface area contributed by atoms with Gasteiger partial charge in [0.25, 0.3) is 0 Å². The van der Waals surface area contributed by atoms with Gasteiger partial charge in [0.15, 0.2) is 0 Å². The zero-order chi connectivity index (χ0) is 15.2. The van der Waals surface area contributed by atoms with Crippen molar-refractivity contribution in [1.82, 2.24) is 14.7 Å². The number of likely N-dealkylation sites (N-methyl/N-ethyl adjacent to an activating group) is 1. The first-order chi connectivity index (χ1) is 10.1. The van der Waals surface area contributed by atoms with Crippen molar-refractivity contribution in [2.24, 2.45) is 5.73 Å². The molecular weight excluding hydrogens is 284 g/mol. The van der Waals surface area contributed by atoms with Crippen LogP contribution >= 0.6 is 11.6 Å². The van der Waals surface area contributed by atoms with Crippen LogP contribution in [0.15, 0.2) is 24.3 Å². The number of nitrogens with zero attached hydrogens (tertiary/aromatic N) is 3. The molecule has 0 spiro atoms. The predicted molar refractivity (Wildman–Crippen MR) is 89.8 cm³/mol. The minimum Gasteiger partial charge on any atom is -0.329 e. The largest absolute Gasteiger partial charge is 0.329 e. The molecule has 1 unspecified atom stereocenters. The first-order valence-corrected chi connectivity index (χ1v) is 8.04. The van der Waals surface area contributed by atoms with Crippen molar-refractivity contribution in [3.63, 3.8) is 0 Å². The highest BCUT2D eigenvalue weighted by atomic mass is 35.5. The number of halogens is 1. The van der Waals surface area contributed by atoms with Crippen molar-refractivity contribution >= 4 is 11.6 Å². The maximum absolute atomic E-state index is 6.01. The van der Waals surface area contributed by atoms with Crippen molar-refractivity contribution in [2.45, 2.75) is 6.04 Å². The Morgan fingerprint density at radius 3 is 2.29 bits per heavy atom. The van der Waals surface area contributed by atoms with E-state index in [4.69, 9.17) is 17.3 Å². The van der Waals surface area contributed by atoms with Gasteiger partial charge in [-0.1, -0.05) is 23.7 Å². The van der Waals surface area contributed by atoms with E-state index in [0.717, 1.165) is 44.3 Å². The van der Waals surface area contributed by atoms with Crippen LogP contribution in [0.2, 0.25) is 5.02 Å². The molecule has 0 amide bonds. The Balaban J connectivity index is 1.88. The Hall–Kier alpha value is -0.650. The summed E-state index contributed by atoms with van der Waals surface area (Å²) in [6, 6.07) is 8.40. The molecule has 1 aliphatic rings. The van der Waals surface area contributed by atoms with E-state index in [9.17, 15) is 0 Å². The summed E-state index contributed by atoms with van der Waals surface area (Å²) in [4.78, 5) is 7.27. The van der Waals surface area contributed by atoms with Crippen LogP contribution in [0.5, 0.6) is 0 Å². The van der Waals surface area contributed by atoms with E-state index in [2.05, 4.69) is 40.9 Å². The van der Waals surface area contributed by atoms with E-state index < -0.39 is 0 Å². The van der Waals surface area contributed by atoms with Gasteiger partial charge in [-0.15, -0.1) is 0 Å². The highest BCUT2D eigenvalue weighted by molar-refractivity contribution is 6.30. The van der Waals surface area contributed by atoms with Crippen molar-refractivity contribution in [3.05, 3.63) is 34.9 Å². The minimum absolute atomic E-state index is 0.304. The number of benzene rings is 1. The fourth-order valence-electron chi connectivity index (χ4n) is 2.82. The fourth-order valence-corrected chi connectivity index (χ4v) is 2.95. The molecule has 1 heterocycles. The Bertz CT molecular complexity index is 413. The molecule has 0 radical (unpaired) electrons. The quantitative estimate of drug-likeness (QED) is 0.864. The zero-order valence-corrected chi connectivity index (χ0v) is 13.9. The van der Waals surface area contributed by atoms with Gasteiger partial charge in [0, 0.05) is 56.9 Å². The van der Waals surface area contributed by atoms with Gasteiger partial charge in [-0.3, -0.25) is 9.80 Å². The number of nitrogens with two attached hydrogens (primary N) is 1. The highest BCUT2D eigenvalue weighted by Crippen LogP contribution is 2.22. The number of hydrogen-bond donors (Lipinski definition) is 1. The smallest absolute Gasteiger partial charge is 0.0471 e. The van der Waals surface area contributed by atoms with Gasteiger partial charge in [-0.05, 0) is 31.8 Å². The molecule has 4 nitrogen and oxygen atoms in total. The lowest BCUT2D eigenvalue weighted by Crippen LogP contribution is -2.50. The monoisotopic (exact) mass is 310 g/mol. The molecule has 0 saturated carbocycles. The van der Waals surface area contributed by atoms with Crippen LogP contribution in [-0.4, -0.2) is 74.6 Å². The summed E-state index contributed by atoms with van der Waals surface area (Å²) >= 11 is 5.97. The summed E-state index contributed by atoms with van der Waals surface area (Å²) in [5, 5.41) is 0.781. The second kappa shape index (κ2) is 8.11. The van der Waals surface area contributed by atoms with Crippen LogP contribution < -0.4 is 5.73 Å². The SMILES string of the molecule is CN(C)CCN1CCN(C(CN)c2ccc(Cl)cc2)CC1. The van der Waals surface area contributed by atoms with E-state index in [1.54, 1.807) is 0 Å². The molecule has 21 heavy (non-hydrogen) atoms. The van der Waals surface area contributed by atoms with Crippen LogP contribution in [0.3, 0.4) is 0 Å². The summed E-state index contributed by atoms with van der Waals surface area (Å²) in [6.45, 7) is 7.33. The van der Waals surface area contributed by atoms with Crippen LogP contribution in [0.25, 0.3) is 0 Å². The average molecular weight is 311 g/mol. The fraction of sp³-hybridized carbons (Fsp3) is 0.625. The molecule has 1 atom stereocenters. The van der Waals surface area contributed by atoms with Crippen LogP contribution in [0.4, 0.5) is 0 Å². The summed E-state index contributed by atoms with van der Waals surface area (Å²) in [6.07, 6.45) is 0. The molecule has 5 heteroatoms. The van der Waals surface area contributed by atoms with Crippen molar-refractivity contribution in [2.75, 3.05) is 59.9 Å². The van der Waals surface area contributed by atoms with Crippen LogP contribution in [0, 0.1) is 0 Å². The number of hydrogen-bond acceptors (Lipinski definition) is 4. The van der Waals surface area contributed by atoms with Gasteiger partial charge in [-0.25, -0.2) is 0 Å². The first kappa shape index (κ1) is 16.7. The van der Waals surface area contributed by atoms with E-state index in [1.807, 2.05) is 12.1 Å². The molecule has 1 aliphatic heterocycles. The highest BCUT2D eigenvalue weighted by Gasteiger charge is 2.23. The third-order valence-corrected chi connectivity index (χ3v) is 4.44. The summed E-state index contributed by atoms with van der Waals surface area (Å²) in [5.74, 6) is 0. The molecular formula is C16H27ClN4. The van der Waals surface area contributed by atoms with Gasteiger partial charge in [0.2, 0.25) is 0 Å². The lowest BCUT2D eigenvalue weighted by Gasteiger charge is -2.39. The van der Waals surface area contributed by atoms with E-state index in [0.29, 0.717) is 12.6 Å². The Labute approximate surface area is 133 Å². The second-order valence-corrected chi connectivity index (χ2v) is 6.42. The summed E-state index contributed by atoms with van der Waals surface area (Å²) in [5.41, 5.74) is 7.28. The third-order valence-electron chi connectivity index (χ3n) is 4.19. The predicted octanol–water partition coefficient (Wildman–Crippen LogP) is 1.52. The summed E-state index contributed by atoms with van der Waals surface area (Å²) in [7, 11) is 4.25. The molecule has 0 aromatic heterocycles. The van der Waals surface area contributed by atoms with Gasteiger partial charge >= 0.3 is 0 Å². The lowest BCUT2D eigenvalue weighted by atomic mass is 10.0. The number of piperazine rings is 1. The topological polar surface area (TPSA) is 35.7 Å². The van der Waals surface area contributed by atoms with Gasteiger partial charge in [-0.2, -0.15) is 0 Å². The Morgan fingerprint density at radius 1 is 1.14 bits per heavy atom. The maximum atomic E-state index is 6.01. The molecule has 1 aromatic rings. The third kappa shape index (κ3) is 4.94. The van der Waals surface area contributed by atoms with E-state index in [-0.39, 0.29) is 0 Å². The molecule has 0 bridgehead atoms. The van der Waals surface area contributed by atoms with Gasteiger partial charge < -0.3 is 10.6 Å². The van der Waals surface area contributed by atoms with E-state index in [1.165, 1.54) is 5.56 Å². The summed E-state index contributed by atoms with van der Waals surface area (Å²) < 4.78 is 0. The van der Waals surface area contributed by atoms with Crippen LogP contribution in [0.1, 0.15) is 11.6 Å². The Kier molecular flexibility index (Phi) is 6.45. The maximum Gasteiger partial charge on any atom is 0.0471 e. The second-order valence-electron chi connectivity index (χ2n) is 5.98. The van der Waals surface area contributed by atoms with Crippen LogP contribution in [-0.2, 0) is 0 Å². The van der Waals surface area contributed by atoms with Crippen molar-refractivity contribution in [3.8, 4) is 0 Å². The standard InChI is InChI=1S/C16H27ClN4/c1-19(2)7-8-20-9-11-21(12-10-20)16(13-18)14-3-5-15(17)6-4-14/h3-6,16H,7-13,18H2,1-2H3. The molecule has 1 aromatic carbocycles. The zero-order valence-electron chi connectivity index (χ0n) is 13.1. The first-order valence-electron chi connectivity index (χ1n) is 7.67. The molecule has 0 aliphatic carbocycles. The lowest BCUT2D eigenvalue weighted by molar-refractivity contribution is 0.0940. The molecule has 1 saturated heterocycles. The van der Waals surface area contributed by atoms with Gasteiger partial charge in [0.1, 0.15) is 0 Å². The van der Waals surface area contributed by atoms with Crippen molar-refractivity contribution in [1.29, 1.82) is 0 Å². The van der Waals surface area contributed by atoms with Gasteiger partial charge in [0.05, 0.1) is 0 Å². The molecule has 1 fully saturated rings.